The molecule has 0 spiro atoms. The Morgan fingerprint density at radius 2 is 1.15 bits per heavy atom. The third-order valence-corrected chi connectivity index (χ3v) is 9.51. The molecule has 1 rings (SSSR count). The van der Waals surface area contributed by atoms with Gasteiger partial charge in [0, 0.05) is 18.3 Å². The minimum absolute atomic E-state index is 0.0152. The van der Waals surface area contributed by atoms with Crippen molar-refractivity contribution < 1.29 is 24.2 Å². The highest BCUT2D eigenvalue weighted by molar-refractivity contribution is 8.00. The number of carbonyl (C=O) groups excluding carboxylic acids is 2. The fraction of sp³-hybridized carbons (Fsp3) is 0.941. The highest BCUT2D eigenvalue weighted by atomic mass is 32.2. The molecule has 6 nitrogen and oxygen atoms in total. The monoisotopic (exact) mass is 599 g/mol. The maximum Gasteiger partial charge on any atom is 0.316 e. The molecule has 1 aliphatic rings. The third kappa shape index (κ3) is 23.4. The lowest BCUT2D eigenvalue weighted by Crippen LogP contribution is -2.30. The van der Waals surface area contributed by atoms with Crippen LogP contribution in [0.4, 0.5) is 0 Å². The van der Waals surface area contributed by atoms with Crippen LogP contribution < -0.4 is 5.32 Å². The largest absolute Gasteiger partial charge is 0.462 e. The number of aliphatic hydroxyl groups excluding tert-OH is 1. The van der Waals surface area contributed by atoms with Crippen LogP contribution in [0.25, 0.3) is 0 Å². The molecule has 0 bridgehead atoms. The third-order valence-electron chi connectivity index (χ3n) is 8.17. The molecule has 1 aliphatic heterocycles. The van der Waals surface area contributed by atoms with Crippen molar-refractivity contribution in [1.82, 2.24) is 5.32 Å². The number of rotatable bonds is 28. The molecule has 0 aromatic rings. The molecule has 1 fully saturated rings. The van der Waals surface area contributed by atoms with E-state index in [4.69, 9.17) is 14.6 Å². The SMILES string of the molecule is CCCCC(CCCC)OC(=O)CCCCCCCCC(CCCCCCCCO)OC(=O)CSC1CCNCC1. The van der Waals surface area contributed by atoms with Crippen LogP contribution in [-0.4, -0.2) is 60.0 Å². The number of carbonyl (C=O) groups is 2. The highest BCUT2D eigenvalue weighted by Crippen LogP contribution is 2.22. The van der Waals surface area contributed by atoms with Crippen molar-refractivity contribution in [2.24, 2.45) is 0 Å². The summed E-state index contributed by atoms with van der Waals surface area (Å²) in [4.78, 5) is 24.9. The summed E-state index contributed by atoms with van der Waals surface area (Å²) in [5.41, 5.74) is 0. The van der Waals surface area contributed by atoms with E-state index in [1.54, 1.807) is 11.8 Å². The fourth-order valence-corrected chi connectivity index (χ4v) is 6.55. The van der Waals surface area contributed by atoms with Crippen molar-refractivity contribution in [3.05, 3.63) is 0 Å². The number of esters is 2. The van der Waals surface area contributed by atoms with E-state index in [0.29, 0.717) is 24.0 Å². The number of hydrogen-bond donors (Lipinski definition) is 2. The van der Waals surface area contributed by atoms with Crippen LogP contribution in [0.15, 0.2) is 0 Å². The van der Waals surface area contributed by atoms with E-state index in [1.165, 1.54) is 25.7 Å². The lowest BCUT2D eigenvalue weighted by molar-refractivity contribution is -0.150. The number of thioether (sulfide) groups is 1. The molecule has 0 radical (unpaired) electrons. The second-order valence-electron chi connectivity index (χ2n) is 12.1. The van der Waals surface area contributed by atoms with E-state index in [2.05, 4.69) is 19.2 Å². The summed E-state index contributed by atoms with van der Waals surface area (Å²) in [6, 6.07) is 0. The van der Waals surface area contributed by atoms with Crippen molar-refractivity contribution >= 4 is 23.7 Å². The van der Waals surface area contributed by atoms with Crippen molar-refractivity contribution in [1.29, 1.82) is 0 Å². The standard InChI is InChI=1S/C34H65NO5S/c1-3-5-19-30(20-6-4-2)39-33(37)23-17-13-8-7-11-15-21-31(22-16-12-9-10-14-18-28-36)40-34(38)29-41-32-24-26-35-27-25-32/h30-32,35-36H,3-29H2,1-2H3. The van der Waals surface area contributed by atoms with E-state index in [9.17, 15) is 9.59 Å². The van der Waals surface area contributed by atoms with E-state index >= 15 is 0 Å². The number of piperidine rings is 1. The zero-order chi connectivity index (χ0) is 29.8. The summed E-state index contributed by atoms with van der Waals surface area (Å²) in [6.45, 7) is 6.77. The van der Waals surface area contributed by atoms with Gasteiger partial charge in [-0.2, -0.15) is 0 Å². The Balaban J connectivity index is 2.23. The van der Waals surface area contributed by atoms with Crippen LogP contribution in [0.3, 0.4) is 0 Å². The second kappa shape index (κ2) is 28.0. The van der Waals surface area contributed by atoms with Crippen LogP contribution in [0.1, 0.15) is 162 Å². The average Bonchev–Trinajstić information content (AvgIpc) is 2.98. The number of aliphatic hydroxyl groups is 1. The van der Waals surface area contributed by atoms with E-state index in [-0.39, 0.29) is 24.1 Å². The van der Waals surface area contributed by atoms with Crippen molar-refractivity contribution in [3.8, 4) is 0 Å². The topological polar surface area (TPSA) is 84.9 Å². The normalized spacial score (nSPS) is 14.8. The van der Waals surface area contributed by atoms with Crippen LogP contribution in [0.5, 0.6) is 0 Å². The molecule has 0 aromatic heterocycles. The molecule has 0 aliphatic carbocycles. The van der Waals surface area contributed by atoms with Crippen molar-refractivity contribution in [2.45, 2.75) is 179 Å². The Labute approximate surface area is 257 Å². The predicted octanol–water partition coefficient (Wildman–Crippen LogP) is 8.52. The molecule has 0 saturated carbocycles. The summed E-state index contributed by atoms with van der Waals surface area (Å²) < 4.78 is 11.8. The van der Waals surface area contributed by atoms with Gasteiger partial charge in [-0.15, -0.1) is 11.8 Å². The minimum atomic E-state index is -0.0417. The van der Waals surface area contributed by atoms with Gasteiger partial charge in [0.25, 0.3) is 0 Å². The molecule has 7 heteroatoms. The zero-order valence-electron chi connectivity index (χ0n) is 26.8. The van der Waals surface area contributed by atoms with Crippen LogP contribution in [0, 0.1) is 0 Å². The van der Waals surface area contributed by atoms with Crippen LogP contribution >= 0.6 is 11.8 Å². The first-order valence-electron chi connectivity index (χ1n) is 17.4. The quantitative estimate of drug-likeness (QED) is 0.0689. The van der Waals surface area contributed by atoms with Gasteiger partial charge >= 0.3 is 11.9 Å². The first-order chi connectivity index (χ1) is 20.1. The Hall–Kier alpha value is -0.790. The highest BCUT2D eigenvalue weighted by Gasteiger charge is 2.19. The maximum absolute atomic E-state index is 12.6. The summed E-state index contributed by atoms with van der Waals surface area (Å²) in [5, 5.41) is 12.9. The maximum atomic E-state index is 12.6. The Morgan fingerprint density at radius 1 is 0.683 bits per heavy atom. The molecular formula is C34H65NO5S. The van der Waals surface area contributed by atoms with Crippen LogP contribution in [0.2, 0.25) is 0 Å². The van der Waals surface area contributed by atoms with E-state index < -0.39 is 0 Å². The first kappa shape index (κ1) is 38.2. The average molecular weight is 600 g/mol. The Morgan fingerprint density at radius 3 is 1.68 bits per heavy atom. The minimum Gasteiger partial charge on any atom is -0.462 e. The Kier molecular flexibility index (Phi) is 26.1. The van der Waals surface area contributed by atoms with Gasteiger partial charge in [0.1, 0.15) is 12.2 Å². The summed E-state index contributed by atoms with van der Waals surface area (Å²) in [5.74, 6) is 0.418. The van der Waals surface area contributed by atoms with Gasteiger partial charge in [-0.1, -0.05) is 90.9 Å². The number of nitrogens with one attached hydrogen (secondary N) is 1. The second-order valence-corrected chi connectivity index (χ2v) is 13.4. The van der Waals surface area contributed by atoms with Gasteiger partial charge in [0.15, 0.2) is 0 Å². The zero-order valence-corrected chi connectivity index (χ0v) is 27.6. The number of hydrogen-bond acceptors (Lipinski definition) is 7. The smallest absolute Gasteiger partial charge is 0.316 e. The van der Waals surface area contributed by atoms with Crippen molar-refractivity contribution in [3.63, 3.8) is 0 Å². The molecular weight excluding hydrogens is 534 g/mol. The van der Waals surface area contributed by atoms with Crippen LogP contribution in [-0.2, 0) is 19.1 Å². The van der Waals surface area contributed by atoms with Crippen molar-refractivity contribution in [2.75, 3.05) is 25.4 Å². The van der Waals surface area contributed by atoms with Gasteiger partial charge in [0.2, 0.25) is 0 Å². The van der Waals surface area contributed by atoms with Gasteiger partial charge in [-0.25, -0.2) is 0 Å². The van der Waals surface area contributed by atoms with E-state index in [1.807, 2.05) is 0 Å². The lowest BCUT2D eigenvalue weighted by Gasteiger charge is -2.22. The predicted molar refractivity (Wildman–Crippen MR) is 174 cm³/mol. The first-order valence-corrected chi connectivity index (χ1v) is 18.5. The molecule has 242 valence electrons. The molecule has 2 N–H and O–H groups in total. The van der Waals surface area contributed by atoms with Gasteiger partial charge in [-0.3, -0.25) is 9.59 Å². The summed E-state index contributed by atoms with van der Waals surface area (Å²) in [7, 11) is 0. The summed E-state index contributed by atoms with van der Waals surface area (Å²) >= 11 is 1.77. The molecule has 1 heterocycles. The van der Waals surface area contributed by atoms with Gasteiger partial charge < -0.3 is 19.9 Å². The summed E-state index contributed by atoms with van der Waals surface area (Å²) in [6.07, 6.45) is 24.6. The number of ether oxygens (including phenoxy) is 2. The Bertz CT molecular complexity index is 606. The van der Waals surface area contributed by atoms with E-state index in [0.717, 1.165) is 129 Å². The molecule has 41 heavy (non-hydrogen) atoms. The molecule has 0 aromatic carbocycles. The van der Waals surface area contributed by atoms with Gasteiger partial charge in [0.05, 0.1) is 5.75 Å². The fourth-order valence-electron chi connectivity index (χ4n) is 5.54. The lowest BCUT2D eigenvalue weighted by atomic mass is 10.0. The molecule has 0 amide bonds. The molecule has 1 saturated heterocycles. The number of unbranched alkanes of at least 4 members (excludes halogenated alkanes) is 12. The van der Waals surface area contributed by atoms with Gasteiger partial charge in [-0.05, 0) is 77.3 Å². The molecule has 1 atom stereocenters. The molecule has 1 unspecified atom stereocenters.